The first kappa shape index (κ1) is 19.9. The minimum Gasteiger partial charge on any atom is -0.481 e. The largest absolute Gasteiger partial charge is 0.481 e. The Labute approximate surface area is 173 Å². The summed E-state index contributed by atoms with van der Waals surface area (Å²) in [4.78, 5) is 28.4. The molecule has 2 aromatic rings. The average Bonchev–Trinajstić information content (AvgIpc) is 3.30. The highest BCUT2D eigenvalue weighted by molar-refractivity contribution is 6.31. The number of hydrogen-bond donors (Lipinski definition) is 2. The number of imidazole rings is 1. The fourth-order valence-corrected chi connectivity index (χ4v) is 5.35. The second-order valence-electron chi connectivity index (χ2n) is 8.30. The summed E-state index contributed by atoms with van der Waals surface area (Å²) in [6, 6.07) is 4.07. The van der Waals surface area contributed by atoms with Crippen molar-refractivity contribution in [2.24, 2.45) is 24.8 Å². The molecule has 8 heteroatoms. The van der Waals surface area contributed by atoms with Gasteiger partial charge < -0.3 is 15.0 Å². The number of halogens is 2. The molecule has 0 aliphatic heterocycles. The summed E-state index contributed by atoms with van der Waals surface area (Å²) in [7, 11) is 1.78. The molecule has 154 valence electrons. The predicted octanol–water partition coefficient (Wildman–Crippen LogP) is 4.46. The first-order chi connectivity index (χ1) is 13.8. The van der Waals surface area contributed by atoms with Crippen LogP contribution in [0.2, 0.25) is 5.02 Å². The first-order valence-electron chi connectivity index (χ1n) is 9.81. The summed E-state index contributed by atoms with van der Waals surface area (Å²) in [6.07, 6.45) is 5.63. The van der Waals surface area contributed by atoms with E-state index in [4.69, 9.17) is 16.7 Å². The molecule has 0 radical (unpaired) electrons. The summed E-state index contributed by atoms with van der Waals surface area (Å²) in [6.45, 7) is 0. The van der Waals surface area contributed by atoms with E-state index < -0.39 is 11.8 Å². The lowest BCUT2D eigenvalue weighted by atomic mass is 9.93. The molecule has 2 unspecified atom stereocenters. The standard InChI is InChI=1S/C21H23ClFN3O3/c1-26-10-24-19(14-7-12-4-11(6-18(27)28)5-13(12)8-14)20(26)21(29)25-15-2-3-17(23)16(22)9-15/h2-3,9-14H,4-8H2,1H3,(H,25,29)(H,27,28). The monoisotopic (exact) mass is 419 g/mol. The number of fused-ring (bicyclic) bond motifs is 1. The maximum absolute atomic E-state index is 13.4. The van der Waals surface area contributed by atoms with E-state index in [0.29, 0.717) is 23.2 Å². The molecule has 2 N–H and O–H groups in total. The van der Waals surface area contributed by atoms with Gasteiger partial charge in [-0.25, -0.2) is 9.37 Å². The number of nitrogens with zero attached hydrogens (tertiary/aromatic N) is 2. The van der Waals surface area contributed by atoms with Crippen LogP contribution < -0.4 is 5.32 Å². The molecular formula is C21H23ClFN3O3. The number of carbonyl (C=O) groups is 2. The summed E-state index contributed by atoms with van der Waals surface area (Å²) in [5, 5.41) is 11.8. The summed E-state index contributed by atoms with van der Waals surface area (Å²) in [5.41, 5.74) is 1.70. The van der Waals surface area contributed by atoms with Crippen LogP contribution in [0.5, 0.6) is 0 Å². The Balaban J connectivity index is 1.48. The van der Waals surface area contributed by atoms with E-state index in [9.17, 15) is 14.0 Å². The van der Waals surface area contributed by atoms with Gasteiger partial charge in [0.2, 0.25) is 0 Å². The fourth-order valence-electron chi connectivity index (χ4n) is 5.17. The van der Waals surface area contributed by atoms with Crippen LogP contribution in [0, 0.1) is 23.6 Å². The third-order valence-corrected chi connectivity index (χ3v) is 6.61. The molecule has 2 fully saturated rings. The lowest BCUT2D eigenvalue weighted by Gasteiger charge is -2.15. The fraction of sp³-hybridized carbons (Fsp3) is 0.476. The van der Waals surface area contributed by atoms with Crippen molar-refractivity contribution in [3.8, 4) is 0 Å². The van der Waals surface area contributed by atoms with Crippen molar-refractivity contribution in [2.45, 2.75) is 38.0 Å². The van der Waals surface area contributed by atoms with Gasteiger partial charge in [0.05, 0.1) is 17.0 Å². The van der Waals surface area contributed by atoms with Crippen molar-refractivity contribution in [3.05, 3.63) is 46.8 Å². The molecule has 1 heterocycles. The molecule has 2 atom stereocenters. The van der Waals surface area contributed by atoms with Crippen LogP contribution in [0.4, 0.5) is 10.1 Å². The van der Waals surface area contributed by atoms with Crippen LogP contribution in [-0.2, 0) is 11.8 Å². The number of carboxylic acid groups (broad SMARTS) is 1. The Morgan fingerprint density at radius 2 is 1.97 bits per heavy atom. The van der Waals surface area contributed by atoms with Crippen molar-refractivity contribution in [2.75, 3.05) is 5.32 Å². The number of aliphatic carboxylic acids is 1. The SMILES string of the molecule is Cn1cnc(C2CC3CC(CC(=O)O)CC3C2)c1C(=O)Nc1ccc(F)c(Cl)c1. The molecule has 2 aliphatic rings. The van der Waals surface area contributed by atoms with Crippen molar-refractivity contribution in [3.63, 3.8) is 0 Å². The number of carbonyl (C=O) groups excluding carboxylic acids is 1. The van der Waals surface area contributed by atoms with Gasteiger partial charge in [0, 0.05) is 25.1 Å². The lowest BCUT2D eigenvalue weighted by molar-refractivity contribution is -0.138. The molecule has 29 heavy (non-hydrogen) atoms. The number of aromatic nitrogens is 2. The van der Waals surface area contributed by atoms with Crippen LogP contribution in [0.3, 0.4) is 0 Å². The minimum absolute atomic E-state index is 0.0486. The van der Waals surface area contributed by atoms with E-state index in [1.165, 1.54) is 18.2 Å². The number of hydrogen-bond acceptors (Lipinski definition) is 3. The van der Waals surface area contributed by atoms with E-state index >= 15 is 0 Å². The Morgan fingerprint density at radius 3 is 2.59 bits per heavy atom. The van der Waals surface area contributed by atoms with Crippen LogP contribution in [0.1, 0.15) is 54.2 Å². The molecular weight excluding hydrogens is 397 g/mol. The van der Waals surface area contributed by atoms with Crippen LogP contribution in [0.25, 0.3) is 0 Å². The number of amides is 1. The number of anilines is 1. The Kier molecular flexibility index (Phi) is 5.34. The molecule has 6 nitrogen and oxygen atoms in total. The Bertz CT molecular complexity index is 947. The molecule has 0 saturated heterocycles. The topological polar surface area (TPSA) is 84.2 Å². The maximum Gasteiger partial charge on any atom is 0.303 e. The molecule has 1 aromatic carbocycles. The number of benzene rings is 1. The van der Waals surface area contributed by atoms with Crippen molar-refractivity contribution >= 4 is 29.2 Å². The second-order valence-corrected chi connectivity index (χ2v) is 8.70. The third-order valence-electron chi connectivity index (χ3n) is 6.32. The smallest absolute Gasteiger partial charge is 0.303 e. The highest BCUT2D eigenvalue weighted by atomic mass is 35.5. The number of rotatable bonds is 5. The van der Waals surface area contributed by atoms with Gasteiger partial charge in [-0.2, -0.15) is 0 Å². The van der Waals surface area contributed by atoms with Crippen LogP contribution >= 0.6 is 11.6 Å². The highest BCUT2D eigenvalue weighted by Crippen LogP contribution is 2.53. The average molecular weight is 420 g/mol. The van der Waals surface area contributed by atoms with Crippen molar-refractivity contribution in [1.29, 1.82) is 0 Å². The van der Waals surface area contributed by atoms with E-state index in [0.717, 1.165) is 31.4 Å². The zero-order chi connectivity index (χ0) is 20.7. The van der Waals surface area contributed by atoms with E-state index in [-0.39, 0.29) is 29.2 Å². The molecule has 4 rings (SSSR count). The van der Waals surface area contributed by atoms with Gasteiger partial charge in [-0.05, 0) is 61.6 Å². The van der Waals surface area contributed by atoms with Gasteiger partial charge in [-0.15, -0.1) is 0 Å². The van der Waals surface area contributed by atoms with Gasteiger partial charge in [0.25, 0.3) is 5.91 Å². The van der Waals surface area contributed by atoms with Gasteiger partial charge in [0.1, 0.15) is 11.5 Å². The van der Waals surface area contributed by atoms with E-state index in [1.807, 2.05) is 0 Å². The summed E-state index contributed by atoms with van der Waals surface area (Å²) in [5.74, 6) is -0.117. The van der Waals surface area contributed by atoms with Crippen LogP contribution in [-0.4, -0.2) is 26.5 Å². The van der Waals surface area contributed by atoms with Gasteiger partial charge >= 0.3 is 5.97 Å². The summed E-state index contributed by atoms with van der Waals surface area (Å²) >= 11 is 5.81. The molecule has 0 bridgehead atoms. The normalized spacial score (nSPS) is 25.8. The van der Waals surface area contributed by atoms with Gasteiger partial charge in [-0.1, -0.05) is 11.6 Å². The molecule has 1 amide bonds. The minimum atomic E-state index is -0.726. The Morgan fingerprint density at radius 1 is 1.28 bits per heavy atom. The van der Waals surface area contributed by atoms with E-state index in [1.54, 1.807) is 17.9 Å². The van der Waals surface area contributed by atoms with E-state index in [2.05, 4.69) is 10.3 Å². The van der Waals surface area contributed by atoms with Crippen molar-refractivity contribution in [1.82, 2.24) is 9.55 Å². The zero-order valence-electron chi connectivity index (χ0n) is 16.1. The van der Waals surface area contributed by atoms with Gasteiger partial charge in [-0.3, -0.25) is 9.59 Å². The molecule has 2 saturated carbocycles. The highest BCUT2D eigenvalue weighted by Gasteiger charge is 2.44. The van der Waals surface area contributed by atoms with Crippen LogP contribution in [0.15, 0.2) is 24.5 Å². The predicted molar refractivity (Wildman–Crippen MR) is 107 cm³/mol. The quantitative estimate of drug-likeness (QED) is 0.749. The number of aryl methyl sites for hydroxylation is 1. The van der Waals surface area contributed by atoms with Gasteiger partial charge in [0.15, 0.2) is 0 Å². The van der Waals surface area contributed by atoms with Crippen molar-refractivity contribution < 1.29 is 19.1 Å². The first-order valence-corrected chi connectivity index (χ1v) is 10.2. The summed E-state index contributed by atoms with van der Waals surface area (Å²) < 4.78 is 15.1. The maximum atomic E-state index is 13.4. The molecule has 2 aliphatic carbocycles. The second kappa shape index (κ2) is 7.78. The number of carboxylic acids is 1. The molecule has 0 spiro atoms. The number of nitrogens with one attached hydrogen (secondary N) is 1. The lowest BCUT2D eigenvalue weighted by Crippen LogP contribution is -2.18. The zero-order valence-corrected chi connectivity index (χ0v) is 16.8. The third kappa shape index (κ3) is 4.01. The Hall–Kier alpha value is -2.41. The molecule has 1 aromatic heterocycles.